The lowest BCUT2D eigenvalue weighted by atomic mass is 9.95. The van der Waals surface area contributed by atoms with Crippen LogP contribution in [0.15, 0.2) is 12.5 Å². The highest BCUT2D eigenvalue weighted by Crippen LogP contribution is 2.13. The van der Waals surface area contributed by atoms with E-state index in [0.717, 1.165) is 0 Å². The molecule has 1 aromatic rings. The quantitative estimate of drug-likeness (QED) is 0.710. The van der Waals surface area contributed by atoms with Gasteiger partial charge in [-0.15, -0.1) is 0 Å². The monoisotopic (exact) mass is 250 g/mol. The lowest BCUT2D eigenvalue weighted by Gasteiger charge is -2.24. The van der Waals surface area contributed by atoms with Crippen molar-refractivity contribution in [1.29, 1.82) is 5.26 Å². The van der Waals surface area contributed by atoms with Crippen LogP contribution in [0.1, 0.15) is 19.5 Å². The number of H-pyrrole nitrogens is 1. The van der Waals surface area contributed by atoms with E-state index in [-0.39, 0.29) is 13.0 Å². The normalized spacial score (nSPS) is 13.2. The molecule has 0 spiro atoms. The van der Waals surface area contributed by atoms with Gasteiger partial charge in [-0.3, -0.25) is 4.79 Å². The Bertz CT molecular complexity index is 463. The van der Waals surface area contributed by atoms with Crippen LogP contribution < -0.4 is 5.32 Å². The molecule has 1 unspecified atom stereocenters. The van der Waals surface area contributed by atoms with Gasteiger partial charge in [-0.05, 0) is 6.92 Å². The predicted octanol–water partition coefficient (Wildman–Crippen LogP) is -0.0862. The standard InChI is InChI=1S/C11H14N4O3/c1-3-18-10(17)11(6-12,15-8(2)16)4-9-5-13-7-14-9/h5,7H,3-4H2,1-2H3,(H,13,14)(H,15,16). The first-order valence-electron chi connectivity index (χ1n) is 5.38. The van der Waals surface area contributed by atoms with E-state index in [0.29, 0.717) is 5.69 Å². The van der Waals surface area contributed by atoms with E-state index in [9.17, 15) is 14.9 Å². The average Bonchev–Trinajstić information content (AvgIpc) is 2.80. The van der Waals surface area contributed by atoms with Crippen molar-refractivity contribution in [3.05, 3.63) is 18.2 Å². The number of amides is 1. The van der Waals surface area contributed by atoms with E-state index in [4.69, 9.17) is 4.74 Å². The summed E-state index contributed by atoms with van der Waals surface area (Å²) < 4.78 is 4.84. The highest BCUT2D eigenvalue weighted by Gasteiger charge is 2.42. The number of nitrogens with one attached hydrogen (secondary N) is 2. The van der Waals surface area contributed by atoms with Crippen molar-refractivity contribution in [2.24, 2.45) is 0 Å². The van der Waals surface area contributed by atoms with Gasteiger partial charge >= 0.3 is 5.97 Å². The molecule has 1 atom stereocenters. The molecule has 1 heterocycles. The van der Waals surface area contributed by atoms with Gasteiger partial charge in [-0.1, -0.05) is 0 Å². The Morgan fingerprint density at radius 2 is 2.39 bits per heavy atom. The van der Waals surface area contributed by atoms with E-state index >= 15 is 0 Å². The fourth-order valence-corrected chi connectivity index (χ4v) is 1.50. The number of carbonyl (C=O) groups excluding carboxylic acids is 2. The molecule has 7 nitrogen and oxygen atoms in total. The minimum absolute atomic E-state index is 0.0259. The summed E-state index contributed by atoms with van der Waals surface area (Å²) in [5.41, 5.74) is -1.17. The lowest BCUT2D eigenvalue weighted by Crippen LogP contribution is -2.55. The third-order valence-corrected chi connectivity index (χ3v) is 2.21. The van der Waals surface area contributed by atoms with Crippen molar-refractivity contribution < 1.29 is 14.3 Å². The number of hydrogen-bond acceptors (Lipinski definition) is 5. The molecule has 0 aliphatic carbocycles. The Labute approximate surface area is 104 Å². The second kappa shape index (κ2) is 5.82. The third kappa shape index (κ3) is 3.07. The number of rotatable bonds is 5. The van der Waals surface area contributed by atoms with Crippen molar-refractivity contribution in [3.8, 4) is 6.07 Å². The van der Waals surface area contributed by atoms with Crippen LogP contribution in [0.3, 0.4) is 0 Å². The van der Waals surface area contributed by atoms with Crippen LogP contribution in [0.4, 0.5) is 0 Å². The lowest BCUT2D eigenvalue weighted by molar-refractivity contribution is -0.150. The second-order valence-electron chi connectivity index (χ2n) is 3.67. The Morgan fingerprint density at radius 3 is 2.83 bits per heavy atom. The fourth-order valence-electron chi connectivity index (χ4n) is 1.50. The molecule has 1 aromatic heterocycles. The number of hydrogen-bond donors (Lipinski definition) is 2. The van der Waals surface area contributed by atoms with Gasteiger partial charge in [0.05, 0.1) is 12.9 Å². The number of nitriles is 1. The highest BCUT2D eigenvalue weighted by molar-refractivity contribution is 5.90. The van der Waals surface area contributed by atoms with Gasteiger partial charge in [0.25, 0.3) is 0 Å². The smallest absolute Gasteiger partial charge is 0.347 e. The maximum Gasteiger partial charge on any atom is 0.347 e. The third-order valence-electron chi connectivity index (χ3n) is 2.21. The van der Waals surface area contributed by atoms with Gasteiger partial charge in [-0.25, -0.2) is 9.78 Å². The van der Waals surface area contributed by atoms with Gasteiger partial charge in [0.2, 0.25) is 11.4 Å². The molecule has 0 aromatic carbocycles. The Morgan fingerprint density at radius 1 is 1.67 bits per heavy atom. The molecule has 0 fully saturated rings. The minimum atomic E-state index is -1.73. The van der Waals surface area contributed by atoms with E-state index in [1.807, 2.05) is 6.07 Å². The van der Waals surface area contributed by atoms with E-state index in [2.05, 4.69) is 15.3 Å². The number of imidazole rings is 1. The zero-order valence-electron chi connectivity index (χ0n) is 10.2. The summed E-state index contributed by atoms with van der Waals surface area (Å²) in [6.07, 6.45) is 2.88. The van der Waals surface area contributed by atoms with E-state index in [1.165, 1.54) is 19.4 Å². The summed E-state index contributed by atoms with van der Waals surface area (Å²) in [4.78, 5) is 29.6. The minimum Gasteiger partial charge on any atom is -0.463 e. The summed E-state index contributed by atoms with van der Waals surface area (Å²) in [6, 6.07) is 1.82. The zero-order valence-corrected chi connectivity index (χ0v) is 10.2. The molecular formula is C11H14N4O3. The van der Waals surface area contributed by atoms with Gasteiger partial charge in [0.1, 0.15) is 6.07 Å². The molecule has 0 bridgehead atoms. The van der Waals surface area contributed by atoms with E-state index < -0.39 is 17.4 Å². The molecule has 0 aliphatic rings. The summed E-state index contributed by atoms with van der Waals surface area (Å²) in [7, 11) is 0. The Hall–Kier alpha value is -2.36. The van der Waals surface area contributed by atoms with Crippen LogP contribution in [0, 0.1) is 11.3 Å². The van der Waals surface area contributed by atoms with Crippen LogP contribution in [0.5, 0.6) is 0 Å². The molecule has 1 rings (SSSR count). The second-order valence-corrected chi connectivity index (χ2v) is 3.67. The number of carbonyl (C=O) groups is 2. The van der Waals surface area contributed by atoms with Gasteiger partial charge in [0.15, 0.2) is 0 Å². The summed E-state index contributed by atoms with van der Waals surface area (Å²) in [5, 5.41) is 11.6. The Kier molecular flexibility index (Phi) is 4.43. The molecular weight excluding hydrogens is 236 g/mol. The van der Waals surface area contributed by atoms with Crippen LogP contribution >= 0.6 is 0 Å². The maximum atomic E-state index is 11.9. The molecule has 0 radical (unpaired) electrons. The Balaban J connectivity index is 3.02. The molecule has 2 N–H and O–H groups in total. The predicted molar refractivity (Wildman–Crippen MR) is 61.1 cm³/mol. The van der Waals surface area contributed by atoms with Crippen molar-refractivity contribution in [1.82, 2.24) is 15.3 Å². The average molecular weight is 250 g/mol. The van der Waals surface area contributed by atoms with E-state index in [1.54, 1.807) is 6.92 Å². The van der Waals surface area contributed by atoms with Crippen molar-refractivity contribution in [2.45, 2.75) is 25.8 Å². The van der Waals surface area contributed by atoms with Crippen molar-refractivity contribution in [2.75, 3.05) is 6.61 Å². The SMILES string of the molecule is CCOC(=O)C(C#N)(Cc1cnc[nH]1)NC(C)=O. The molecule has 0 saturated heterocycles. The largest absolute Gasteiger partial charge is 0.463 e. The summed E-state index contributed by atoms with van der Waals surface area (Å²) in [6.45, 7) is 2.99. The number of ether oxygens (including phenoxy) is 1. The highest BCUT2D eigenvalue weighted by atomic mass is 16.5. The molecule has 96 valence electrons. The van der Waals surface area contributed by atoms with Crippen molar-refractivity contribution in [3.63, 3.8) is 0 Å². The summed E-state index contributed by atoms with van der Waals surface area (Å²) in [5.74, 6) is -1.26. The molecule has 7 heteroatoms. The first-order chi connectivity index (χ1) is 8.54. The molecule has 0 aliphatic heterocycles. The number of nitrogens with zero attached hydrogens (tertiary/aromatic N) is 2. The topological polar surface area (TPSA) is 108 Å². The van der Waals surface area contributed by atoms with Crippen LogP contribution in [0.25, 0.3) is 0 Å². The number of aromatic amines is 1. The van der Waals surface area contributed by atoms with Crippen LogP contribution in [0.2, 0.25) is 0 Å². The van der Waals surface area contributed by atoms with Gasteiger partial charge in [-0.2, -0.15) is 5.26 Å². The molecule has 18 heavy (non-hydrogen) atoms. The van der Waals surface area contributed by atoms with Crippen LogP contribution in [-0.4, -0.2) is 34.0 Å². The first kappa shape index (κ1) is 13.7. The fraction of sp³-hybridized carbons (Fsp3) is 0.455. The molecule has 0 saturated carbocycles. The van der Waals surface area contributed by atoms with Crippen LogP contribution in [-0.2, 0) is 20.7 Å². The molecule has 1 amide bonds. The van der Waals surface area contributed by atoms with Gasteiger partial charge < -0.3 is 15.0 Å². The maximum absolute atomic E-state index is 11.9. The zero-order chi connectivity index (χ0) is 13.6. The number of esters is 1. The number of aromatic nitrogens is 2. The first-order valence-corrected chi connectivity index (χ1v) is 5.38. The summed E-state index contributed by atoms with van der Waals surface area (Å²) >= 11 is 0. The van der Waals surface area contributed by atoms with Gasteiger partial charge in [0, 0.05) is 25.2 Å². The van der Waals surface area contributed by atoms with Crippen molar-refractivity contribution >= 4 is 11.9 Å².